The molecule has 0 saturated carbocycles. The van der Waals surface area contributed by atoms with Crippen LogP contribution in [0.4, 0.5) is 0 Å². The molecule has 3 aliphatic heterocycles. The van der Waals surface area contributed by atoms with Crippen LogP contribution in [0.1, 0.15) is 42.5 Å². The first kappa shape index (κ1) is 23.0. The lowest BCUT2D eigenvalue weighted by molar-refractivity contribution is -0.151. The van der Waals surface area contributed by atoms with Gasteiger partial charge >= 0.3 is 5.97 Å². The molecule has 2 aromatic rings. The summed E-state index contributed by atoms with van der Waals surface area (Å²) in [6.07, 6.45) is 8.28. The van der Waals surface area contributed by atoms with E-state index in [2.05, 4.69) is 10.00 Å². The molecule has 1 aromatic carbocycles. The van der Waals surface area contributed by atoms with Crippen molar-refractivity contribution in [3.8, 4) is 5.69 Å². The molecule has 176 valence electrons. The maximum absolute atomic E-state index is 13.0. The van der Waals surface area contributed by atoms with E-state index >= 15 is 0 Å². The Morgan fingerprint density at radius 2 is 1.82 bits per heavy atom. The van der Waals surface area contributed by atoms with Crippen LogP contribution in [0.25, 0.3) is 5.69 Å². The third-order valence-corrected chi connectivity index (χ3v) is 6.88. The van der Waals surface area contributed by atoms with Crippen molar-refractivity contribution in [2.24, 2.45) is 5.41 Å². The zero-order chi connectivity index (χ0) is 23.3. The first-order valence-corrected chi connectivity index (χ1v) is 11.5. The summed E-state index contributed by atoms with van der Waals surface area (Å²) in [6, 6.07) is 9.37. The fourth-order valence-electron chi connectivity index (χ4n) is 5.10. The number of ether oxygens (including phenoxy) is 1. The van der Waals surface area contributed by atoms with Gasteiger partial charge in [-0.05, 0) is 69.1 Å². The van der Waals surface area contributed by atoms with Crippen molar-refractivity contribution >= 4 is 18.3 Å². The summed E-state index contributed by atoms with van der Waals surface area (Å²) >= 11 is 0. The predicted molar refractivity (Wildman–Crippen MR) is 120 cm³/mol. The average molecular weight is 455 g/mol. The molecule has 3 saturated heterocycles. The topological polar surface area (TPSA) is 105 Å². The summed E-state index contributed by atoms with van der Waals surface area (Å²) in [6.45, 7) is 4.04. The normalized spacial score (nSPS) is 22.0. The van der Waals surface area contributed by atoms with Crippen LogP contribution in [-0.2, 0) is 14.3 Å². The summed E-state index contributed by atoms with van der Waals surface area (Å²) in [5, 5.41) is 11.1. The Morgan fingerprint density at radius 1 is 1.15 bits per heavy atom. The highest BCUT2D eigenvalue weighted by Crippen LogP contribution is 2.43. The number of hydrogen-bond acceptors (Lipinski definition) is 6. The number of carbonyl (C=O) groups is 3. The zero-order valence-electron chi connectivity index (χ0n) is 18.6. The monoisotopic (exact) mass is 454 g/mol. The molecular formula is C24H30N4O5. The summed E-state index contributed by atoms with van der Waals surface area (Å²) in [7, 11) is 0. The van der Waals surface area contributed by atoms with Crippen molar-refractivity contribution in [1.29, 1.82) is 0 Å². The lowest BCUT2D eigenvalue weighted by Gasteiger charge is -2.36. The van der Waals surface area contributed by atoms with Crippen molar-refractivity contribution < 1.29 is 24.2 Å². The van der Waals surface area contributed by atoms with Gasteiger partial charge in [-0.3, -0.25) is 19.3 Å². The van der Waals surface area contributed by atoms with E-state index in [9.17, 15) is 9.59 Å². The molecule has 1 unspecified atom stereocenters. The fourth-order valence-corrected chi connectivity index (χ4v) is 5.10. The summed E-state index contributed by atoms with van der Waals surface area (Å²) < 4.78 is 7.52. The number of aromatic nitrogens is 2. The number of carbonyl (C=O) groups excluding carboxylic acids is 2. The molecule has 1 amide bonds. The van der Waals surface area contributed by atoms with Crippen LogP contribution in [0.3, 0.4) is 0 Å². The lowest BCUT2D eigenvalue weighted by atomic mass is 9.76. The van der Waals surface area contributed by atoms with Gasteiger partial charge < -0.3 is 14.7 Å². The maximum Gasteiger partial charge on any atom is 0.312 e. The molecule has 1 N–H and O–H groups in total. The van der Waals surface area contributed by atoms with Gasteiger partial charge in [0.1, 0.15) is 6.10 Å². The van der Waals surface area contributed by atoms with Crippen LogP contribution in [0.5, 0.6) is 0 Å². The highest BCUT2D eigenvalue weighted by molar-refractivity contribution is 5.94. The zero-order valence-corrected chi connectivity index (χ0v) is 18.6. The minimum Gasteiger partial charge on any atom is -0.483 e. The highest BCUT2D eigenvalue weighted by Gasteiger charge is 2.51. The third kappa shape index (κ3) is 5.08. The highest BCUT2D eigenvalue weighted by atomic mass is 16.6. The van der Waals surface area contributed by atoms with Gasteiger partial charge in [0.15, 0.2) is 0 Å². The number of cyclic esters (lactones) is 1. The van der Waals surface area contributed by atoms with Crippen LogP contribution in [-0.4, -0.2) is 81.9 Å². The number of nitrogens with zero attached hydrogens (tertiary/aromatic N) is 4. The van der Waals surface area contributed by atoms with Gasteiger partial charge in [0.05, 0.1) is 11.1 Å². The summed E-state index contributed by atoms with van der Waals surface area (Å²) in [5.41, 5.74) is 1.19. The van der Waals surface area contributed by atoms with Crippen LogP contribution in [0, 0.1) is 5.41 Å². The van der Waals surface area contributed by atoms with Crippen molar-refractivity contribution in [3.05, 3.63) is 48.3 Å². The first-order valence-electron chi connectivity index (χ1n) is 11.5. The molecule has 0 radical (unpaired) electrons. The Balaban J connectivity index is 0.000000821. The Bertz CT molecular complexity index is 946. The predicted octanol–water partition coefficient (Wildman–Crippen LogP) is 2.21. The summed E-state index contributed by atoms with van der Waals surface area (Å²) in [5.74, 6) is -0.0285. The van der Waals surface area contributed by atoms with Crippen LogP contribution in [0.15, 0.2) is 42.7 Å². The lowest BCUT2D eigenvalue weighted by Crippen LogP contribution is -2.45. The van der Waals surface area contributed by atoms with E-state index in [0.717, 1.165) is 31.7 Å². The van der Waals surface area contributed by atoms with Gasteiger partial charge in [0.25, 0.3) is 12.4 Å². The second-order valence-electron chi connectivity index (χ2n) is 8.91. The molecule has 0 bridgehead atoms. The molecule has 1 aromatic heterocycles. The minimum atomic E-state index is -0.398. The van der Waals surface area contributed by atoms with Crippen molar-refractivity contribution in [2.75, 3.05) is 32.7 Å². The second-order valence-corrected chi connectivity index (χ2v) is 8.91. The second kappa shape index (κ2) is 10.2. The van der Waals surface area contributed by atoms with Crippen LogP contribution >= 0.6 is 0 Å². The fraction of sp³-hybridized carbons (Fsp3) is 0.500. The summed E-state index contributed by atoms with van der Waals surface area (Å²) in [4.78, 5) is 38.3. The average Bonchev–Trinajstić information content (AvgIpc) is 3.59. The smallest absolute Gasteiger partial charge is 0.312 e. The van der Waals surface area contributed by atoms with E-state index in [-0.39, 0.29) is 24.5 Å². The Morgan fingerprint density at radius 3 is 2.42 bits per heavy atom. The van der Waals surface area contributed by atoms with Gasteiger partial charge in [-0.2, -0.15) is 5.10 Å². The van der Waals surface area contributed by atoms with Gasteiger partial charge in [-0.15, -0.1) is 0 Å². The minimum absolute atomic E-state index is 0.00712. The number of likely N-dealkylation sites (tertiary alicyclic amines) is 2. The van der Waals surface area contributed by atoms with Gasteiger partial charge in [0, 0.05) is 44.0 Å². The quantitative estimate of drug-likeness (QED) is 0.558. The van der Waals surface area contributed by atoms with Gasteiger partial charge in [-0.25, -0.2) is 4.68 Å². The van der Waals surface area contributed by atoms with E-state index in [0.29, 0.717) is 31.5 Å². The largest absolute Gasteiger partial charge is 0.483 e. The molecule has 9 nitrogen and oxygen atoms in total. The standard InChI is InChI=1S/C23H28N4O3.CH2O2/c28-21(18-4-6-19(7-5-18)27-13-3-10-24-27)26-14-8-23(9-15-26)16-20(30-22(23)29)17-25-11-1-2-12-25;2-1-3/h3-7,10,13,20H,1-2,8-9,11-12,14-17H2;1H,(H,2,3). The van der Waals surface area contributed by atoms with E-state index in [1.807, 2.05) is 41.4 Å². The van der Waals surface area contributed by atoms with E-state index in [1.54, 1.807) is 10.9 Å². The number of hydrogen-bond donors (Lipinski definition) is 1. The number of piperidine rings is 1. The Hall–Kier alpha value is -3.20. The number of esters is 1. The van der Waals surface area contributed by atoms with E-state index < -0.39 is 5.41 Å². The SMILES string of the molecule is O=C(c1ccc(-n2cccn2)cc1)N1CCC2(CC1)CC(CN1CCCC1)OC2=O.O=CO. The molecule has 1 atom stereocenters. The molecule has 9 heteroatoms. The molecule has 3 fully saturated rings. The Labute approximate surface area is 192 Å². The number of benzene rings is 1. The first-order chi connectivity index (χ1) is 16.0. The molecule has 0 aliphatic carbocycles. The molecule has 1 spiro atoms. The van der Waals surface area contributed by atoms with Crippen molar-refractivity contribution in [2.45, 2.75) is 38.2 Å². The van der Waals surface area contributed by atoms with Gasteiger partial charge in [-0.1, -0.05) is 0 Å². The number of rotatable bonds is 4. The molecule has 4 heterocycles. The van der Waals surface area contributed by atoms with Crippen LogP contribution in [0.2, 0.25) is 0 Å². The van der Waals surface area contributed by atoms with Crippen molar-refractivity contribution in [3.63, 3.8) is 0 Å². The molecular weight excluding hydrogens is 424 g/mol. The molecule has 5 rings (SSSR count). The number of carboxylic acid groups (broad SMARTS) is 1. The molecule has 33 heavy (non-hydrogen) atoms. The Kier molecular flexibility index (Phi) is 7.08. The van der Waals surface area contributed by atoms with E-state index in [1.165, 1.54) is 12.8 Å². The third-order valence-electron chi connectivity index (χ3n) is 6.88. The van der Waals surface area contributed by atoms with Gasteiger partial charge in [0.2, 0.25) is 0 Å². The van der Waals surface area contributed by atoms with Crippen molar-refractivity contribution in [1.82, 2.24) is 19.6 Å². The molecule has 3 aliphatic rings. The maximum atomic E-state index is 13.0. The van der Waals surface area contributed by atoms with Crippen LogP contribution < -0.4 is 0 Å². The van der Waals surface area contributed by atoms with E-state index in [4.69, 9.17) is 14.6 Å². The number of amides is 1.